The molecule has 3 rings (SSSR count). The minimum Gasteiger partial charge on any atom is -0.289 e. The van der Waals surface area contributed by atoms with Gasteiger partial charge >= 0.3 is 0 Å². The molecule has 0 bridgehead atoms. The SMILES string of the molecule is Cc1ccc(C(=O)c2ccc(C3CCCC3)cc2)cc1Cl. The van der Waals surface area contributed by atoms with Gasteiger partial charge in [0.15, 0.2) is 5.78 Å². The van der Waals surface area contributed by atoms with Gasteiger partial charge in [0.1, 0.15) is 0 Å². The minimum absolute atomic E-state index is 0.0369. The van der Waals surface area contributed by atoms with Crippen LogP contribution in [0.25, 0.3) is 0 Å². The van der Waals surface area contributed by atoms with E-state index in [1.165, 1.54) is 31.2 Å². The van der Waals surface area contributed by atoms with Gasteiger partial charge in [-0.2, -0.15) is 0 Å². The lowest BCUT2D eigenvalue weighted by Gasteiger charge is -2.10. The van der Waals surface area contributed by atoms with Crippen LogP contribution in [0.15, 0.2) is 42.5 Å². The van der Waals surface area contributed by atoms with Crippen molar-refractivity contribution in [2.24, 2.45) is 0 Å². The summed E-state index contributed by atoms with van der Waals surface area (Å²) in [6, 6.07) is 13.6. The van der Waals surface area contributed by atoms with Crippen molar-refractivity contribution in [1.82, 2.24) is 0 Å². The highest BCUT2D eigenvalue weighted by atomic mass is 35.5. The molecule has 0 amide bonds. The third kappa shape index (κ3) is 3.03. The average Bonchev–Trinajstić information content (AvgIpc) is 3.04. The van der Waals surface area contributed by atoms with E-state index >= 15 is 0 Å². The van der Waals surface area contributed by atoms with Gasteiger partial charge in [-0.3, -0.25) is 4.79 Å². The Labute approximate surface area is 131 Å². The molecule has 0 unspecified atom stereocenters. The van der Waals surface area contributed by atoms with E-state index in [9.17, 15) is 4.79 Å². The molecule has 1 saturated carbocycles. The van der Waals surface area contributed by atoms with Gasteiger partial charge < -0.3 is 0 Å². The molecule has 1 aliphatic carbocycles. The molecule has 0 radical (unpaired) electrons. The van der Waals surface area contributed by atoms with Gasteiger partial charge in [-0.15, -0.1) is 0 Å². The minimum atomic E-state index is 0.0369. The number of halogens is 1. The van der Waals surface area contributed by atoms with Crippen LogP contribution in [-0.2, 0) is 0 Å². The highest BCUT2D eigenvalue weighted by Crippen LogP contribution is 2.34. The Kier molecular flexibility index (Phi) is 4.12. The molecule has 1 fully saturated rings. The molecule has 0 atom stereocenters. The number of carbonyl (C=O) groups is 1. The van der Waals surface area contributed by atoms with Gasteiger partial charge in [0.05, 0.1) is 0 Å². The van der Waals surface area contributed by atoms with Gasteiger partial charge in [0, 0.05) is 16.1 Å². The van der Waals surface area contributed by atoms with Crippen molar-refractivity contribution in [2.45, 2.75) is 38.5 Å². The second kappa shape index (κ2) is 6.03. The van der Waals surface area contributed by atoms with Crippen LogP contribution < -0.4 is 0 Å². The Balaban J connectivity index is 1.82. The quantitative estimate of drug-likeness (QED) is 0.680. The van der Waals surface area contributed by atoms with Crippen LogP contribution in [-0.4, -0.2) is 5.78 Å². The monoisotopic (exact) mass is 298 g/mol. The first-order valence-electron chi connectivity index (χ1n) is 7.56. The van der Waals surface area contributed by atoms with E-state index in [1.54, 1.807) is 6.07 Å². The molecule has 2 aromatic carbocycles. The number of hydrogen-bond donors (Lipinski definition) is 0. The van der Waals surface area contributed by atoms with Gasteiger partial charge in [-0.25, -0.2) is 0 Å². The number of hydrogen-bond acceptors (Lipinski definition) is 1. The number of rotatable bonds is 3. The van der Waals surface area contributed by atoms with Crippen LogP contribution in [0.2, 0.25) is 5.02 Å². The molecule has 0 N–H and O–H groups in total. The molecule has 21 heavy (non-hydrogen) atoms. The van der Waals surface area contributed by atoms with Crippen molar-refractivity contribution in [3.63, 3.8) is 0 Å². The molecule has 0 saturated heterocycles. The predicted octanol–water partition coefficient (Wildman–Crippen LogP) is 5.54. The molecule has 108 valence electrons. The van der Waals surface area contributed by atoms with E-state index < -0.39 is 0 Å². The van der Waals surface area contributed by atoms with Crippen molar-refractivity contribution in [3.8, 4) is 0 Å². The fourth-order valence-electron chi connectivity index (χ4n) is 3.07. The Bertz CT molecular complexity index is 652. The Morgan fingerprint density at radius 1 is 1.00 bits per heavy atom. The maximum atomic E-state index is 12.5. The second-order valence-electron chi connectivity index (χ2n) is 5.90. The van der Waals surface area contributed by atoms with Crippen molar-refractivity contribution in [1.29, 1.82) is 0 Å². The zero-order valence-electron chi connectivity index (χ0n) is 12.2. The average molecular weight is 299 g/mol. The summed E-state index contributed by atoms with van der Waals surface area (Å²) < 4.78 is 0. The van der Waals surface area contributed by atoms with E-state index in [0.717, 1.165) is 11.1 Å². The van der Waals surface area contributed by atoms with Crippen LogP contribution in [0, 0.1) is 6.92 Å². The largest absolute Gasteiger partial charge is 0.289 e. The number of ketones is 1. The fourth-order valence-corrected chi connectivity index (χ4v) is 3.25. The highest BCUT2D eigenvalue weighted by molar-refractivity contribution is 6.31. The second-order valence-corrected chi connectivity index (χ2v) is 6.30. The maximum absolute atomic E-state index is 12.5. The molecule has 0 aromatic heterocycles. The maximum Gasteiger partial charge on any atom is 0.193 e. The van der Waals surface area contributed by atoms with E-state index in [0.29, 0.717) is 16.5 Å². The highest BCUT2D eigenvalue weighted by Gasteiger charge is 2.17. The Hall–Kier alpha value is -1.60. The third-order valence-electron chi connectivity index (χ3n) is 4.43. The summed E-state index contributed by atoms with van der Waals surface area (Å²) in [7, 11) is 0. The number of aryl methyl sites for hydroxylation is 1. The molecule has 1 aliphatic rings. The topological polar surface area (TPSA) is 17.1 Å². The van der Waals surface area contributed by atoms with E-state index in [1.807, 2.05) is 31.2 Å². The first kappa shape index (κ1) is 14.3. The third-order valence-corrected chi connectivity index (χ3v) is 4.84. The summed E-state index contributed by atoms with van der Waals surface area (Å²) in [4.78, 5) is 12.5. The van der Waals surface area contributed by atoms with Crippen molar-refractivity contribution < 1.29 is 4.79 Å². The lowest BCUT2D eigenvalue weighted by molar-refractivity contribution is 0.103. The first-order valence-corrected chi connectivity index (χ1v) is 7.94. The van der Waals surface area contributed by atoms with Crippen molar-refractivity contribution in [2.75, 3.05) is 0 Å². The summed E-state index contributed by atoms with van der Waals surface area (Å²) in [5.74, 6) is 0.720. The van der Waals surface area contributed by atoms with Gasteiger partial charge in [-0.1, -0.05) is 60.8 Å². The molecule has 2 aromatic rings. The summed E-state index contributed by atoms with van der Waals surface area (Å²) in [6.45, 7) is 1.94. The molecular formula is C19H19ClO. The predicted molar refractivity (Wildman–Crippen MR) is 87.3 cm³/mol. The van der Waals surface area contributed by atoms with Crippen LogP contribution >= 0.6 is 11.6 Å². The molecule has 0 aliphatic heterocycles. The van der Waals surface area contributed by atoms with Crippen molar-refractivity contribution in [3.05, 3.63) is 69.7 Å². The standard InChI is InChI=1S/C19H19ClO/c1-13-6-7-17(12-18(13)20)19(21)16-10-8-15(9-11-16)14-4-2-3-5-14/h6-12,14H,2-5H2,1H3. The van der Waals surface area contributed by atoms with E-state index in [2.05, 4.69) is 12.1 Å². The summed E-state index contributed by atoms with van der Waals surface area (Å²) in [6.07, 6.45) is 5.21. The Morgan fingerprint density at radius 2 is 1.62 bits per heavy atom. The van der Waals surface area contributed by atoms with Crippen LogP contribution in [0.4, 0.5) is 0 Å². The zero-order chi connectivity index (χ0) is 14.8. The normalized spacial score (nSPS) is 15.3. The number of benzene rings is 2. The lowest BCUT2D eigenvalue weighted by atomic mass is 9.95. The smallest absolute Gasteiger partial charge is 0.193 e. The molecule has 2 heteroatoms. The van der Waals surface area contributed by atoms with Gasteiger partial charge in [0.25, 0.3) is 0 Å². The van der Waals surface area contributed by atoms with Gasteiger partial charge in [-0.05, 0) is 42.9 Å². The van der Waals surface area contributed by atoms with Crippen molar-refractivity contribution >= 4 is 17.4 Å². The number of carbonyl (C=O) groups excluding carboxylic acids is 1. The summed E-state index contributed by atoms with van der Waals surface area (Å²) >= 11 is 6.10. The molecule has 1 nitrogen and oxygen atoms in total. The van der Waals surface area contributed by atoms with Crippen LogP contribution in [0.3, 0.4) is 0 Å². The Morgan fingerprint density at radius 3 is 2.24 bits per heavy atom. The lowest BCUT2D eigenvalue weighted by Crippen LogP contribution is -2.02. The van der Waals surface area contributed by atoms with Crippen LogP contribution in [0.1, 0.15) is 58.6 Å². The van der Waals surface area contributed by atoms with Gasteiger partial charge in [0.2, 0.25) is 0 Å². The van der Waals surface area contributed by atoms with Crippen LogP contribution in [0.5, 0.6) is 0 Å². The summed E-state index contributed by atoms with van der Waals surface area (Å²) in [5.41, 5.74) is 3.74. The van der Waals surface area contributed by atoms with E-state index in [4.69, 9.17) is 11.6 Å². The molecular weight excluding hydrogens is 280 g/mol. The molecule has 0 heterocycles. The van der Waals surface area contributed by atoms with E-state index in [-0.39, 0.29) is 5.78 Å². The fraction of sp³-hybridized carbons (Fsp3) is 0.316. The first-order chi connectivity index (χ1) is 10.1. The zero-order valence-corrected chi connectivity index (χ0v) is 13.0. The summed E-state index contributed by atoms with van der Waals surface area (Å²) in [5, 5.41) is 0.642. The molecule has 0 spiro atoms.